The van der Waals surface area contributed by atoms with Gasteiger partial charge in [-0.15, -0.1) is 11.8 Å². The maximum atomic E-state index is 13.0. The van der Waals surface area contributed by atoms with Crippen LogP contribution < -0.4 is 10.6 Å². The fraction of sp³-hybridized carbons (Fsp3) is 0.714. The number of amides is 2. The van der Waals surface area contributed by atoms with Crippen LogP contribution in [0, 0.1) is 11.3 Å². The molecule has 4 aliphatic rings. The molecule has 0 bridgehead atoms. The molecule has 0 unspecified atom stereocenters. The molecule has 32 heavy (non-hydrogen) atoms. The minimum atomic E-state index is -1.15. The summed E-state index contributed by atoms with van der Waals surface area (Å²) in [5, 5.41) is 33.7. The van der Waals surface area contributed by atoms with E-state index in [4.69, 9.17) is 5.41 Å². The Bertz CT molecular complexity index is 879. The summed E-state index contributed by atoms with van der Waals surface area (Å²) in [6.45, 7) is 7.03. The summed E-state index contributed by atoms with van der Waals surface area (Å²) in [7, 11) is 0. The van der Waals surface area contributed by atoms with Gasteiger partial charge in [0.25, 0.3) is 0 Å². The van der Waals surface area contributed by atoms with Crippen molar-refractivity contribution in [1.29, 1.82) is 5.41 Å². The van der Waals surface area contributed by atoms with Crippen molar-refractivity contribution in [1.82, 2.24) is 20.4 Å². The third-order valence-electron chi connectivity index (χ3n) is 6.88. The SMILES string of the molecule is CC(=N)N[C@H]1CCN(C(=O)[C@@H]2C[C@H](S[C@]3(C)C=C(C(=O)O)N4C(=O)[C@H]([C@@H](C)O)[C@H]43)CN2)C1. The van der Waals surface area contributed by atoms with Gasteiger partial charge in [-0.1, -0.05) is 0 Å². The average Bonchev–Trinajstić information content (AvgIpc) is 3.38. The number of aliphatic hydroxyl groups excluding tert-OH is 1. The number of carbonyl (C=O) groups is 3. The normalized spacial score (nSPS) is 37.1. The van der Waals surface area contributed by atoms with Gasteiger partial charge in [0.15, 0.2) is 0 Å². The molecule has 10 nitrogen and oxygen atoms in total. The molecular formula is C21H31N5O5S. The molecule has 4 rings (SSSR count). The van der Waals surface area contributed by atoms with Gasteiger partial charge in [0, 0.05) is 30.9 Å². The van der Waals surface area contributed by atoms with Gasteiger partial charge in [-0.25, -0.2) is 4.79 Å². The highest BCUT2D eigenvalue weighted by molar-refractivity contribution is 8.01. The van der Waals surface area contributed by atoms with Crippen LogP contribution in [0.1, 0.15) is 33.6 Å². The number of nitrogens with one attached hydrogen (secondary N) is 3. The van der Waals surface area contributed by atoms with E-state index in [9.17, 15) is 24.6 Å². The second-order valence-corrected chi connectivity index (χ2v) is 11.2. The fourth-order valence-corrected chi connectivity index (χ4v) is 7.26. The molecule has 7 atom stereocenters. The van der Waals surface area contributed by atoms with Crippen molar-refractivity contribution in [2.45, 2.75) is 67.8 Å². The van der Waals surface area contributed by atoms with E-state index >= 15 is 0 Å². The fourth-order valence-electron chi connectivity index (χ4n) is 5.50. The van der Waals surface area contributed by atoms with E-state index in [1.165, 1.54) is 4.90 Å². The average molecular weight is 466 g/mol. The first-order valence-corrected chi connectivity index (χ1v) is 11.9. The zero-order chi connectivity index (χ0) is 23.4. The highest BCUT2D eigenvalue weighted by Crippen LogP contribution is 2.53. The number of hydrogen-bond donors (Lipinski definition) is 5. The zero-order valence-corrected chi connectivity index (χ0v) is 19.3. The number of hydrogen-bond acceptors (Lipinski definition) is 7. The Morgan fingerprint density at radius 1 is 1.44 bits per heavy atom. The number of amidine groups is 1. The van der Waals surface area contributed by atoms with Crippen molar-refractivity contribution in [2.24, 2.45) is 5.92 Å². The highest BCUT2D eigenvalue weighted by Gasteiger charge is 2.63. The number of carboxylic acids is 1. The van der Waals surface area contributed by atoms with E-state index in [0.29, 0.717) is 31.9 Å². The highest BCUT2D eigenvalue weighted by atomic mass is 32.2. The summed E-state index contributed by atoms with van der Waals surface area (Å²) >= 11 is 1.58. The first-order chi connectivity index (χ1) is 15.0. The van der Waals surface area contributed by atoms with Crippen LogP contribution in [0.25, 0.3) is 0 Å². The van der Waals surface area contributed by atoms with Gasteiger partial charge >= 0.3 is 5.97 Å². The van der Waals surface area contributed by atoms with Crippen LogP contribution in [0.4, 0.5) is 0 Å². The van der Waals surface area contributed by atoms with Crippen LogP contribution in [0.5, 0.6) is 0 Å². The Balaban J connectivity index is 1.40. The van der Waals surface area contributed by atoms with Crippen LogP contribution in [-0.2, 0) is 14.4 Å². The minimum absolute atomic E-state index is 0.0254. The van der Waals surface area contributed by atoms with Crippen LogP contribution >= 0.6 is 11.8 Å². The van der Waals surface area contributed by atoms with E-state index in [1.54, 1.807) is 31.7 Å². The molecule has 4 aliphatic heterocycles. The molecule has 0 radical (unpaired) electrons. The topological polar surface area (TPSA) is 146 Å². The third-order valence-corrected chi connectivity index (χ3v) is 8.44. The number of fused-ring (bicyclic) bond motifs is 1. The number of carbonyl (C=O) groups excluding carboxylic acids is 2. The summed E-state index contributed by atoms with van der Waals surface area (Å²) in [5.74, 6) is -1.67. The Morgan fingerprint density at radius 3 is 2.78 bits per heavy atom. The Morgan fingerprint density at radius 2 is 2.16 bits per heavy atom. The third kappa shape index (κ3) is 3.90. The van der Waals surface area contributed by atoms with Gasteiger partial charge in [0.1, 0.15) is 5.70 Å². The van der Waals surface area contributed by atoms with Crippen molar-refractivity contribution in [3.8, 4) is 0 Å². The van der Waals surface area contributed by atoms with Crippen molar-refractivity contribution < 1.29 is 24.6 Å². The predicted molar refractivity (Wildman–Crippen MR) is 119 cm³/mol. The molecule has 0 aromatic carbocycles. The van der Waals surface area contributed by atoms with Crippen molar-refractivity contribution in [3.63, 3.8) is 0 Å². The second-order valence-electron chi connectivity index (χ2n) is 9.41. The summed E-state index contributed by atoms with van der Waals surface area (Å²) < 4.78 is -0.655. The first kappa shape index (κ1) is 23.1. The quantitative estimate of drug-likeness (QED) is 0.202. The van der Waals surface area contributed by atoms with Gasteiger partial charge in [-0.3, -0.25) is 15.0 Å². The standard InChI is InChI=1S/C21H31N5O5S/c1-10(27)16-17-21(3,7-15(20(30)31)26(17)19(16)29)32-13-6-14(23-8-13)18(28)25-5-4-12(9-25)24-11(2)22/h7,10,12-14,16-17,23,27H,4-6,8-9H2,1-3H3,(H2,22,24)(H,30,31)/t10-,12+,13+,14+,16-,17+,21-/m1/s1. The molecule has 0 aliphatic carbocycles. The van der Waals surface area contributed by atoms with Crippen LogP contribution in [0.15, 0.2) is 11.8 Å². The molecule has 0 aromatic heterocycles. The molecule has 0 saturated carbocycles. The van der Waals surface area contributed by atoms with Crippen LogP contribution in [-0.4, -0.2) is 97.5 Å². The minimum Gasteiger partial charge on any atom is -0.477 e. The molecule has 176 valence electrons. The van der Waals surface area contributed by atoms with Crippen molar-refractivity contribution >= 4 is 35.4 Å². The monoisotopic (exact) mass is 465 g/mol. The van der Waals surface area contributed by atoms with Gasteiger partial charge < -0.3 is 30.6 Å². The number of aliphatic carboxylic acids is 1. The lowest BCUT2D eigenvalue weighted by Crippen LogP contribution is -2.67. The number of rotatable bonds is 6. The zero-order valence-electron chi connectivity index (χ0n) is 18.5. The number of likely N-dealkylation sites (tertiary alicyclic amines) is 1. The largest absolute Gasteiger partial charge is 0.477 e. The Hall–Kier alpha value is -2.11. The van der Waals surface area contributed by atoms with E-state index in [2.05, 4.69) is 10.6 Å². The Labute approximate surface area is 191 Å². The molecule has 11 heteroatoms. The number of β-lactam (4-membered cyclic amide) rings is 1. The number of carboxylic acid groups (broad SMARTS) is 1. The second kappa shape index (κ2) is 8.35. The molecular weight excluding hydrogens is 434 g/mol. The summed E-state index contributed by atoms with van der Waals surface area (Å²) in [6, 6.07) is -0.595. The Kier molecular flexibility index (Phi) is 6.01. The lowest BCUT2D eigenvalue weighted by atomic mass is 9.78. The molecule has 0 aromatic rings. The van der Waals surface area contributed by atoms with Crippen molar-refractivity contribution in [3.05, 3.63) is 11.8 Å². The first-order valence-electron chi connectivity index (χ1n) is 11.0. The van der Waals surface area contributed by atoms with E-state index in [0.717, 1.165) is 6.42 Å². The summed E-state index contributed by atoms with van der Waals surface area (Å²) in [4.78, 5) is 40.3. The van der Waals surface area contributed by atoms with Crippen molar-refractivity contribution in [2.75, 3.05) is 19.6 Å². The molecule has 2 amide bonds. The van der Waals surface area contributed by atoms with Gasteiger partial charge in [-0.2, -0.15) is 0 Å². The molecule has 3 fully saturated rings. The van der Waals surface area contributed by atoms with E-state index in [1.807, 2.05) is 11.8 Å². The molecule has 0 spiro atoms. The summed E-state index contributed by atoms with van der Waals surface area (Å²) in [6.07, 6.45) is 2.21. The predicted octanol–water partition coefficient (Wildman–Crippen LogP) is -0.414. The molecule has 3 saturated heterocycles. The summed E-state index contributed by atoms with van der Waals surface area (Å²) in [5.41, 5.74) is -0.0254. The van der Waals surface area contributed by atoms with Gasteiger partial charge in [0.05, 0.1) is 34.7 Å². The van der Waals surface area contributed by atoms with E-state index in [-0.39, 0.29) is 34.8 Å². The van der Waals surface area contributed by atoms with E-state index < -0.39 is 28.8 Å². The maximum Gasteiger partial charge on any atom is 0.352 e. The smallest absolute Gasteiger partial charge is 0.352 e. The molecule has 4 heterocycles. The maximum absolute atomic E-state index is 13.0. The van der Waals surface area contributed by atoms with Crippen LogP contribution in [0.3, 0.4) is 0 Å². The number of aliphatic hydroxyl groups is 1. The molecule has 5 N–H and O–H groups in total. The lowest BCUT2D eigenvalue weighted by molar-refractivity contribution is -0.162. The van der Waals surface area contributed by atoms with Crippen LogP contribution in [0.2, 0.25) is 0 Å². The number of nitrogens with zero attached hydrogens (tertiary/aromatic N) is 2. The van der Waals surface area contributed by atoms with Gasteiger partial charge in [-0.05, 0) is 39.7 Å². The number of thioether (sulfide) groups is 1. The lowest BCUT2D eigenvalue weighted by Gasteiger charge is -2.50. The van der Waals surface area contributed by atoms with Gasteiger partial charge in [0.2, 0.25) is 11.8 Å².